The van der Waals surface area contributed by atoms with Gasteiger partial charge in [0.2, 0.25) is 0 Å². The number of rotatable bonds is 5. The summed E-state index contributed by atoms with van der Waals surface area (Å²) in [7, 11) is 1.53. The van der Waals surface area contributed by atoms with Gasteiger partial charge in [0.25, 0.3) is 0 Å². The number of anilines is 1. The lowest BCUT2D eigenvalue weighted by atomic mass is 9.86. The van der Waals surface area contributed by atoms with Crippen LogP contribution in [0.1, 0.15) is 36.8 Å². The predicted molar refractivity (Wildman–Crippen MR) is 133 cm³/mol. The Labute approximate surface area is 209 Å². The Kier molecular flexibility index (Phi) is 6.67. The van der Waals surface area contributed by atoms with Crippen LogP contribution in [0.4, 0.5) is 10.6 Å². The maximum atomic E-state index is 11.3. The SMILES string of the molecule is COc1nc(N2CCOC(C(C)O)C2)cc(-n2ncc3cc(C)c(C4CCN(C(=O)O)CC4)cc32)n1. The lowest BCUT2D eigenvalue weighted by Crippen LogP contribution is -2.47. The van der Waals surface area contributed by atoms with Crippen molar-refractivity contribution in [2.45, 2.75) is 44.8 Å². The minimum atomic E-state index is -0.854. The van der Waals surface area contributed by atoms with E-state index in [1.165, 1.54) is 23.1 Å². The summed E-state index contributed by atoms with van der Waals surface area (Å²) in [5, 5.41) is 24.9. The van der Waals surface area contributed by atoms with Crippen molar-refractivity contribution in [2.75, 3.05) is 44.8 Å². The zero-order valence-electron chi connectivity index (χ0n) is 20.8. The number of hydrogen-bond acceptors (Lipinski definition) is 8. The van der Waals surface area contributed by atoms with Gasteiger partial charge in [0, 0.05) is 37.6 Å². The molecule has 2 N–H and O–H groups in total. The van der Waals surface area contributed by atoms with E-state index in [-0.39, 0.29) is 18.0 Å². The number of nitrogens with zero attached hydrogens (tertiary/aromatic N) is 6. The third-order valence-corrected chi connectivity index (χ3v) is 7.19. The van der Waals surface area contributed by atoms with Crippen LogP contribution in [0.15, 0.2) is 24.4 Å². The molecule has 2 aromatic heterocycles. The zero-order chi connectivity index (χ0) is 25.4. The number of fused-ring (bicyclic) bond motifs is 1. The molecule has 2 fully saturated rings. The number of benzene rings is 1. The van der Waals surface area contributed by atoms with Gasteiger partial charge in [-0.2, -0.15) is 15.1 Å². The summed E-state index contributed by atoms with van der Waals surface area (Å²) >= 11 is 0. The first-order valence-electron chi connectivity index (χ1n) is 12.3. The number of carboxylic acid groups (broad SMARTS) is 1. The molecule has 11 nitrogen and oxygen atoms in total. The Morgan fingerprint density at radius 2 is 1.92 bits per heavy atom. The van der Waals surface area contributed by atoms with Gasteiger partial charge in [-0.25, -0.2) is 9.48 Å². The summed E-state index contributed by atoms with van der Waals surface area (Å²) in [5.74, 6) is 1.56. The minimum absolute atomic E-state index is 0.236. The fourth-order valence-electron chi connectivity index (χ4n) is 5.15. The quantitative estimate of drug-likeness (QED) is 0.548. The summed E-state index contributed by atoms with van der Waals surface area (Å²) in [6.45, 7) is 6.54. The molecule has 192 valence electrons. The van der Waals surface area contributed by atoms with Gasteiger partial charge in [-0.1, -0.05) is 0 Å². The van der Waals surface area contributed by atoms with Gasteiger partial charge in [0.05, 0.1) is 31.5 Å². The highest BCUT2D eigenvalue weighted by Crippen LogP contribution is 2.34. The fraction of sp³-hybridized carbons (Fsp3) is 0.520. The molecule has 3 aromatic rings. The standard InChI is InChI=1S/C25H32N6O5/c1-15-10-18-13-26-31(20(18)11-19(15)17-4-6-29(7-5-17)25(33)34)23-12-22(27-24(28-23)35-3)30-8-9-36-21(14-30)16(2)32/h10-13,16-17,21,32H,4-9,14H2,1-3H3,(H,33,34). The number of aryl methyl sites for hydroxylation is 1. The Morgan fingerprint density at radius 1 is 1.17 bits per heavy atom. The van der Waals surface area contributed by atoms with Crippen LogP contribution in [0.3, 0.4) is 0 Å². The number of carbonyl (C=O) groups is 1. The van der Waals surface area contributed by atoms with Crippen molar-refractivity contribution in [1.82, 2.24) is 24.6 Å². The molecule has 4 heterocycles. The van der Waals surface area contributed by atoms with E-state index >= 15 is 0 Å². The minimum Gasteiger partial charge on any atom is -0.467 e. The molecule has 2 aliphatic heterocycles. The Balaban J connectivity index is 1.49. The van der Waals surface area contributed by atoms with Crippen molar-refractivity contribution >= 4 is 22.8 Å². The van der Waals surface area contributed by atoms with Gasteiger partial charge >= 0.3 is 12.1 Å². The molecule has 2 saturated heterocycles. The second-order valence-corrected chi connectivity index (χ2v) is 9.53. The molecule has 2 atom stereocenters. The first-order chi connectivity index (χ1) is 17.3. The Hall–Kier alpha value is -3.44. The molecule has 1 aromatic carbocycles. The number of ether oxygens (including phenoxy) is 2. The maximum absolute atomic E-state index is 11.3. The molecule has 2 aliphatic rings. The van der Waals surface area contributed by atoms with Crippen LogP contribution in [0, 0.1) is 6.92 Å². The van der Waals surface area contributed by atoms with E-state index in [0.717, 1.165) is 23.7 Å². The lowest BCUT2D eigenvalue weighted by molar-refractivity contribution is -0.0366. The number of aliphatic hydroxyl groups is 1. The van der Waals surface area contributed by atoms with E-state index in [4.69, 9.17) is 9.47 Å². The number of piperidine rings is 1. The molecule has 0 spiro atoms. The van der Waals surface area contributed by atoms with Crippen LogP contribution < -0.4 is 9.64 Å². The van der Waals surface area contributed by atoms with Gasteiger partial charge in [0.15, 0.2) is 5.82 Å². The molecule has 5 rings (SSSR count). The molecule has 36 heavy (non-hydrogen) atoms. The highest BCUT2D eigenvalue weighted by molar-refractivity contribution is 5.82. The molecular formula is C25H32N6O5. The van der Waals surface area contributed by atoms with E-state index in [1.54, 1.807) is 11.6 Å². The van der Waals surface area contributed by atoms with Gasteiger partial charge < -0.3 is 29.5 Å². The first kappa shape index (κ1) is 24.3. The van der Waals surface area contributed by atoms with Crippen LogP contribution in [0.2, 0.25) is 0 Å². The number of methoxy groups -OCH3 is 1. The highest BCUT2D eigenvalue weighted by Gasteiger charge is 2.27. The largest absolute Gasteiger partial charge is 0.467 e. The van der Waals surface area contributed by atoms with Gasteiger partial charge in [-0.05, 0) is 55.9 Å². The fourth-order valence-corrected chi connectivity index (χ4v) is 5.15. The van der Waals surface area contributed by atoms with Crippen molar-refractivity contribution < 1.29 is 24.5 Å². The zero-order valence-corrected chi connectivity index (χ0v) is 20.8. The number of amides is 1. The van der Waals surface area contributed by atoms with Gasteiger partial charge in [-0.3, -0.25) is 0 Å². The second kappa shape index (κ2) is 9.90. The van der Waals surface area contributed by atoms with Crippen molar-refractivity contribution in [1.29, 1.82) is 0 Å². The number of aliphatic hydroxyl groups excluding tert-OH is 1. The Bertz CT molecular complexity index is 1250. The third-order valence-electron chi connectivity index (χ3n) is 7.19. The maximum Gasteiger partial charge on any atom is 0.407 e. The van der Waals surface area contributed by atoms with Crippen LogP contribution >= 0.6 is 0 Å². The molecule has 0 aliphatic carbocycles. The normalized spacial score (nSPS) is 20.1. The van der Waals surface area contributed by atoms with E-state index in [0.29, 0.717) is 44.4 Å². The summed E-state index contributed by atoms with van der Waals surface area (Å²) in [6, 6.07) is 6.40. The summed E-state index contributed by atoms with van der Waals surface area (Å²) in [5.41, 5.74) is 3.31. The molecule has 0 bridgehead atoms. The average Bonchev–Trinajstić information content (AvgIpc) is 3.30. The number of aromatic nitrogens is 4. The van der Waals surface area contributed by atoms with Crippen molar-refractivity contribution in [3.05, 3.63) is 35.5 Å². The smallest absolute Gasteiger partial charge is 0.407 e. The molecular weight excluding hydrogens is 464 g/mol. The first-order valence-corrected chi connectivity index (χ1v) is 12.3. The molecule has 1 amide bonds. The van der Waals surface area contributed by atoms with E-state index in [1.807, 2.05) is 12.3 Å². The number of hydrogen-bond donors (Lipinski definition) is 2. The van der Waals surface area contributed by atoms with Crippen LogP contribution in [-0.2, 0) is 4.74 Å². The van der Waals surface area contributed by atoms with Crippen molar-refractivity contribution in [2.24, 2.45) is 0 Å². The lowest BCUT2D eigenvalue weighted by Gasteiger charge is -2.35. The predicted octanol–water partition coefficient (Wildman–Crippen LogP) is 2.58. The van der Waals surface area contributed by atoms with Crippen molar-refractivity contribution in [3.63, 3.8) is 0 Å². The van der Waals surface area contributed by atoms with E-state index in [2.05, 4.69) is 39.0 Å². The van der Waals surface area contributed by atoms with E-state index in [9.17, 15) is 15.0 Å². The van der Waals surface area contributed by atoms with Crippen molar-refractivity contribution in [3.8, 4) is 11.8 Å². The second-order valence-electron chi connectivity index (χ2n) is 9.53. The van der Waals surface area contributed by atoms with Crippen LogP contribution in [-0.4, -0.2) is 93.1 Å². The monoisotopic (exact) mass is 496 g/mol. The average molecular weight is 497 g/mol. The topological polar surface area (TPSA) is 126 Å². The summed E-state index contributed by atoms with van der Waals surface area (Å²) < 4.78 is 12.9. The molecule has 2 unspecified atom stereocenters. The highest BCUT2D eigenvalue weighted by atomic mass is 16.5. The molecule has 0 saturated carbocycles. The third kappa shape index (κ3) is 4.68. The van der Waals surface area contributed by atoms with Crippen LogP contribution in [0.25, 0.3) is 16.7 Å². The number of likely N-dealkylation sites (tertiary alicyclic amines) is 1. The number of morpholine rings is 1. The Morgan fingerprint density at radius 3 is 2.61 bits per heavy atom. The summed E-state index contributed by atoms with van der Waals surface area (Å²) in [6.07, 6.45) is 1.67. The molecule has 0 radical (unpaired) electrons. The van der Waals surface area contributed by atoms with Gasteiger partial charge in [-0.15, -0.1) is 0 Å². The van der Waals surface area contributed by atoms with Crippen LogP contribution in [0.5, 0.6) is 6.01 Å². The summed E-state index contributed by atoms with van der Waals surface area (Å²) in [4.78, 5) is 24.0. The van der Waals surface area contributed by atoms with Gasteiger partial charge in [0.1, 0.15) is 11.9 Å². The van der Waals surface area contributed by atoms with E-state index < -0.39 is 12.2 Å². The molecule has 11 heteroatoms.